The Morgan fingerprint density at radius 1 is 0.800 bits per heavy atom. The van der Waals surface area contributed by atoms with Crippen LogP contribution >= 0.6 is 0 Å². The van der Waals surface area contributed by atoms with E-state index in [2.05, 4.69) is 10.2 Å². The minimum atomic E-state index is -3.92. The Morgan fingerprint density at radius 2 is 1.42 bits per heavy atom. The minimum Gasteiger partial charge on any atom is -0.463 e. The summed E-state index contributed by atoms with van der Waals surface area (Å²) in [6, 6.07) is 14.1. The van der Waals surface area contributed by atoms with Gasteiger partial charge in [0, 0.05) is 39.5 Å². The zero-order valence-electron chi connectivity index (χ0n) is 24.7. The van der Waals surface area contributed by atoms with Crippen molar-refractivity contribution in [3.63, 3.8) is 0 Å². The topological polar surface area (TPSA) is 199 Å². The number of amides is 1. The van der Waals surface area contributed by atoms with Crippen molar-refractivity contribution in [3.8, 4) is 0 Å². The molecule has 16 heteroatoms. The molecule has 3 rings (SSSR count). The molecule has 2 N–H and O–H groups in total. The normalized spacial score (nSPS) is 21.3. The van der Waals surface area contributed by atoms with Gasteiger partial charge in [-0.1, -0.05) is 30.3 Å². The first-order valence-corrected chi connectivity index (χ1v) is 14.9. The lowest BCUT2D eigenvalue weighted by Gasteiger charge is -2.43. The molecular weight excluding hydrogens is 616 g/mol. The third kappa shape index (κ3) is 10.7. The van der Waals surface area contributed by atoms with Crippen LogP contribution < -0.4 is 10.2 Å². The molecule has 1 heterocycles. The van der Waals surface area contributed by atoms with Crippen LogP contribution in [-0.2, 0) is 62.5 Å². The van der Waals surface area contributed by atoms with Crippen molar-refractivity contribution < 1.29 is 60.9 Å². The first-order chi connectivity index (χ1) is 21.2. The second kappa shape index (κ2) is 15.8. The number of carbonyl (C=O) groups is 5. The van der Waals surface area contributed by atoms with Gasteiger partial charge < -0.3 is 23.7 Å². The van der Waals surface area contributed by atoms with Crippen molar-refractivity contribution in [1.82, 2.24) is 5.48 Å². The first-order valence-electron chi connectivity index (χ1n) is 13.4. The lowest BCUT2D eigenvalue weighted by Crippen LogP contribution is -2.63. The maximum Gasteiger partial charge on any atom is 0.303 e. The number of hydrogen-bond donors (Lipinski definition) is 2. The molecule has 1 saturated heterocycles. The zero-order valence-corrected chi connectivity index (χ0v) is 25.5. The third-order valence-electron chi connectivity index (χ3n) is 5.85. The second-order valence-corrected chi connectivity index (χ2v) is 11.2. The molecule has 45 heavy (non-hydrogen) atoms. The molecule has 0 unspecified atom stereocenters. The summed E-state index contributed by atoms with van der Waals surface area (Å²) in [7, 11) is -3.92. The van der Waals surface area contributed by atoms with Gasteiger partial charge in [0.05, 0.1) is 4.90 Å². The molecule has 0 saturated carbocycles. The summed E-state index contributed by atoms with van der Waals surface area (Å²) < 4.78 is 54.6. The summed E-state index contributed by atoms with van der Waals surface area (Å²) in [4.78, 5) is 65.1. The summed E-state index contributed by atoms with van der Waals surface area (Å²) in [5.74, 6) is -4.04. The highest BCUT2D eigenvalue weighted by Crippen LogP contribution is 2.29. The molecule has 1 amide bonds. The van der Waals surface area contributed by atoms with Crippen LogP contribution in [0.25, 0.3) is 6.08 Å². The fourth-order valence-corrected chi connectivity index (χ4v) is 5.22. The van der Waals surface area contributed by atoms with E-state index in [9.17, 15) is 32.4 Å². The molecule has 0 bridgehead atoms. The lowest BCUT2D eigenvalue weighted by molar-refractivity contribution is -0.318. The molecule has 15 nitrogen and oxygen atoms in total. The highest BCUT2D eigenvalue weighted by atomic mass is 32.2. The van der Waals surface area contributed by atoms with E-state index in [1.807, 2.05) is 0 Å². The number of hydroxylamine groups is 1. The number of esters is 4. The summed E-state index contributed by atoms with van der Waals surface area (Å²) in [6.07, 6.45) is -5.01. The number of rotatable bonds is 12. The van der Waals surface area contributed by atoms with E-state index in [1.54, 1.807) is 36.4 Å². The van der Waals surface area contributed by atoms with Gasteiger partial charge in [0.15, 0.2) is 18.3 Å². The molecule has 1 aliphatic rings. The SMILES string of the molecule is CC(=O)OC[C@H]1O[C@@H](ONC(=O)/C=C/c2cccc(S(=O)(=O)Nc3ccccc3)c2)[C@H](OC(C)=O)[C@@H](OC(C)=O)[C@H]1OC(C)=O. The number of ether oxygens (including phenoxy) is 5. The zero-order chi connectivity index (χ0) is 33.1. The molecule has 0 aliphatic carbocycles. The number of nitrogens with one attached hydrogen (secondary N) is 2. The van der Waals surface area contributed by atoms with Crippen LogP contribution in [0.2, 0.25) is 0 Å². The van der Waals surface area contributed by atoms with Gasteiger partial charge in [0.25, 0.3) is 15.9 Å². The van der Waals surface area contributed by atoms with E-state index in [4.69, 9.17) is 28.5 Å². The number of benzene rings is 2. The standard InChI is InChI=1S/C29H32N2O13S/c1-17(32)39-16-24-26(40-18(2)33)27(41-19(3)34)28(42-20(4)35)29(43-24)44-30-25(36)14-13-21-9-8-12-23(15-21)45(37,38)31-22-10-6-5-7-11-22/h5-15,24,26-29,31H,16H2,1-4H3,(H,30,36)/b14-13+/t24-,26+,27+,28-,29+/m1/s1. The van der Waals surface area contributed by atoms with Gasteiger partial charge in [-0.3, -0.25) is 28.7 Å². The van der Waals surface area contributed by atoms with E-state index in [0.717, 1.165) is 33.8 Å². The Balaban J connectivity index is 1.77. The molecule has 242 valence electrons. The number of hydrogen-bond acceptors (Lipinski definition) is 13. The molecule has 0 radical (unpaired) electrons. The van der Waals surface area contributed by atoms with Crippen LogP contribution in [0, 0.1) is 0 Å². The quantitative estimate of drug-likeness (QED) is 0.146. The Morgan fingerprint density at radius 3 is 2.04 bits per heavy atom. The molecular formula is C29H32N2O13S. The van der Waals surface area contributed by atoms with Gasteiger partial charge in [-0.2, -0.15) is 0 Å². The highest BCUT2D eigenvalue weighted by Gasteiger charge is 2.53. The number of anilines is 1. The van der Waals surface area contributed by atoms with Crippen LogP contribution in [-0.4, -0.2) is 75.5 Å². The largest absolute Gasteiger partial charge is 0.463 e. The van der Waals surface area contributed by atoms with Crippen LogP contribution in [0.4, 0.5) is 5.69 Å². The summed E-state index contributed by atoms with van der Waals surface area (Å²) in [6.45, 7) is 3.84. The van der Waals surface area contributed by atoms with Gasteiger partial charge in [-0.15, -0.1) is 0 Å². The fourth-order valence-electron chi connectivity index (χ4n) is 4.11. The lowest BCUT2D eigenvalue weighted by atomic mass is 9.98. The van der Waals surface area contributed by atoms with E-state index >= 15 is 0 Å². The third-order valence-corrected chi connectivity index (χ3v) is 7.22. The molecule has 5 atom stereocenters. The Hall–Kier alpha value is -4.80. The average molecular weight is 649 g/mol. The van der Waals surface area contributed by atoms with Crippen molar-refractivity contribution >= 4 is 51.6 Å². The summed E-state index contributed by atoms with van der Waals surface area (Å²) in [5.41, 5.74) is 2.82. The van der Waals surface area contributed by atoms with Crippen molar-refractivity contribution in [2.75, 3.05) is 11.3 Å². The van der Waals surface area contributed by atoms with E-state index in [-0.39, 0.29) is 4.90 Å². The van der Waals surface area contributed by atoms with Crippen molar-refractivity contribution in [2.45, 2.75) is 63.3 Å². The average Bonchev–Trinajstić information content (AvgIpc) is 2.96. The maximum absolute atomic E-state index is 12.8. The predicted octanol–water partition coefficient (Wildman–Crippen LogP) is 1.63. The van der Waals surface area contributed by atoms with E-state index in [1.165, 1.54) is 24.3 Å². The molecule has 0 spiro atoms. The van der Waals surface area contributed by atoms with E-state index in [0.29, 0.717) is 11.3 Å². The monoisotopic (exact) mass is 648 g/mol. The number of carbonyl (C=O) groups excluding carboxylic acids is 5. The first kappa shape index (κ1) is 34.7. The van der Waals surface area contributed by atoms with Gasteiger partial charge in [-0.05, 0) is 35.9 Å². The van der Waals surface area contributed by atoms with Gasteiger partial charge in [0.2, 0.25) is 6.29 Å². The number of para-hydroxylation sites is 1. The minimum absolute atomic E-state index is 0.0531. The smallest absolute Gasteiger partial charge is 0.303 e. The molecule has 1 fully saturated rings. The maximum atomic E-state index is 12.8. The van der Waals surface area contributed by atoms with Crippen molar-refractivity contribution in [1.29, 1.82) is 0 Å². The molecule has 0 aromatic heterocycles. The van der Waals surface area contributed by atoms with Crippen LogP contribution in [0.15, 0.2) is 65.6 Å². The summed E-state index contributed by atoms with van der Waals surface area (Å²) in [5, 5.41) is 0. The van der Waals surface area contributed by atoms with E-state index < -0.39 is 77.1 Å². The van der Waals surface area contributed by atoms with Crippen LogP contribution in [0.1, 0.15) is 33.3 Å². The predicted molar refractivity (Wildman–Crippen MR) is 154 cm³/mol. The molecule has 2 aromatic rings. The van der Waals surface area contributed by atoms with Crippen molar-refractivity contribution in [2.24, 2.45) is 0 Å². The van der Waals surface area contributed by atoms with Gasteiger partial charge in [0.1, 0.15) is 12.7 Å². The van der Waals surface area contributed by atoms with Crippen molar-refractivity contribution in [3.05, 3.63) is 66.2 Å². The highest BCUT2D eigenvalue weighted by molar-refractivity contribution is 7.92. The Kier molecular flexibility index (Phi) is 12.2. The van der Waals surface area contributed by atoms with Gasteiger partial charge >= 0.3 is 23.9 Å². The van der Waals surface area contributed by atoms with Crippen LogP contribution in [0.5, 0.6) is 0 Å². The fraction of sp³-hybridized carbons (Fsp3) is 0.345. The molecule has 1 aliphatic heterocycles. The Bertz CT molecular complexity index is 1530. The van der Waals surface area contributed by atoms with Crippen LogP contribution in [0.3, 0.4) is 0 Å². The Labute approximate surface area is 258 Å². The number of sulfonamides is 1. The second-order valence-electron chi connectivity index (χ2n) is 9.53. The summed E-state index contributed by atoms with van der Waals surface area (Å²) >= 11 is 0. The van der Waals surface area contributed by atoms with Gasteiger partial charge in [-0.25, -0.2) is 18.7 Å². The molecule has 2 aromatic carbocycles.